The van der Waals surface area contributed by atoms with Crippen molar-refractivity contribution in [1.29, 1.82) is 0 Å². The molecule has 0 saturated carbocycles. The van der Waals surface area contributed by atoms with E-state index < -0.39 is 0 Å². The van der Waals surface area contributed by atoms with Crippen molar-refractivity contribution in [2.45, 2.75) is 13.1 Å². The molecule has 0 fully saturated rings. The Balaban J connectivity index is 1.81. The highest BCUT2D eigenvalue weighted by molar-refractivity contribution is 5.30. The molecule has 0 atom stereocenters. The van der Waals surface area contributed by atoms with Crippen LogP contribution in [0.25, 0.3) is 0 Å². The molecule has 5 heteroatoms. The third-order valence-corrected chi connectivity index (χ3v) is 2.73. The predicted octanol–water partition coefficient (Wildman–Crippen LogP) is 1.74. The quantitative estimate of drug-likeness (QED) is 0.876. The van der Waals surface area contributed by atoms with Gasteiger partial charge in [0.1, 0.15) is 5.82 Å². The lowest BCUT2D eigenvalue weighted by Crippen LogP contribution is -2.23. The Morgan fingerprint density at radius 1 is 1.33 bits per heavy atom. The fourth-order valence-corrected chi connectivity index (χ4v) is 1.76. The topological polar surface area (TPSA) is 47.1 Å². The van der Waals surface area contributed by atoms with E-state index in [1.807, 2.05) is 17.9 Å². The molecule has 2 N–H and O–H groups in total. The maximum Gasteiger partial charge on any atom is 0.123 e. The number of likely N-dealkylation sites (N-methyl/N-ethyl adjacent to an activating group) is 1. The molecule has 1 aromatic heterocycles. The van der Waals surface area contributed by atoms with E-state index >= 15 is 0 Å². The lowest BCUT2D eigenvalue weighted by molar-refractivity contribution is 0.305. The zero-order valence-corrected chi connectivity index (χ0v) is 10.4. The second-order valence-corrected chi connectivity index (χ2v) is 4.40. The first-order chi connectivity index (χ1) is 8.63. The number of halogens is 1. The molecule has 4 nitrogen and oxygen atoms in total. The maximum absolute atomic E-state index is 12.8. The normalized spacial score (nSPS) is 11.1. The van der Waals surface area contributed by atoms with E-state index in [-0.39, 0.29) is 5.82 Å². The van der Waals surface area contributed by atoms with Crippen LogP contribution in [0.5, 0.6) is 0 Å². The van der Waals surface area contributed by atoms with Crippen LogP contribution in [0.1, 0.15) is 5.56 Å². The van der Waals surface area contributed by atoms with Gasteiger partial charge in [-0.05, 0) is 24.7 Å². The average molecular weight is 248 g/mol. The van der Waals surface area contributed by atoms with Crippen LogP contribution in [0.4, 0.5) is 10.1 Å². The molecule has 1 aromatic carbocycles. The van der Waals surface area contributed by atoms with Gasteiger partial charge in [-0.15, -0.1) is 0 Å². The van der Waals surface area contributed by atoms with Crippen LogP contribution >= 0.6 is 0 Å². The zero-order chi connectivity index (χ0) is 13.0. The number of rotatable bonds is 5. The standard InChI is InChI=1S/C13H17FN4/c1-17(6-7-18-10-13(15)8-16-18)9-11-2-4-12(14)5-3-11/h2-5,8,10H,6-7,9,15H2,1H3. The van der Waals surface area contributed by atoms with Gasteiger partial charge in [0.25, 0.3) is 0 Å². The zero-order valence-electron chi connectivity index (χ0n) is 10.4. The summed E-state index contributed by atoms with van der Waals surface area (Å²) in [7, 11) is 2.02. The van der Waals surface area contributed by atoms with Crippen LogP contribution in [-0.2, 0) is 13.1 Å². The molecule has 0 unspecified atom stereocenters. The van der Waals surface area contributed by atoms with Gasteiger partial charge in [0.05, 0.1) is 18.4 Å². The van der Waals surface area contributed by atoms with E-state index in [2.05, 4.69) is 10.00 Å². The second-order valence-electron chi connectivity index (χ2n) is 4.40. The summed E-state index contributed by atoms with van der Waals surface area (Å²) in [5, 5.41) is 4.12. The number of hydrogen-bond donors (Lipinski definition) is 1. The van der Waals surface area contributed by atoms with E-state index in [1.165, 1.54) is 12.1 Å². The number of anilines is 1. The predicted molar refractivity (Wildman–Crippen MR) is 69.4 cm³/mol. The number of nitrogens with zero attached hydrogens (tertiary/aromatic N) is 3. The summed E-state index contributed by atoms with van der Waals surface area (Å²) in [5.41, 5.74) is 7.36. The van der Waals surface area contributed by atoms with Crippen LogP contribution in [0, 0.1) is 5.82 Å². The van der Waals surface area contributed by atoms with Crippen LogP contribution in [0.15, 0.2) is 36.7 Å². The van der Waals surface area contributed by atoms with Gasteiger partial charge < -0.3 is 10.6 Å². The minimum Gasteiger partial charge on any atom is -0.396 e. The molecule has 0 aliphatic carbocycles. The first kappa shape index (κ1) is 12.6. The Labute approximate surface area is 106 Å². The Bertz CT molecular complexity index is 492. The molecular weight excluding hydrogens is 231 g/mol. The number of nitrogen functional groups attached to an aromatic ring is 1. The molecule has 0 amide bonds. The van der Waals surface area contributed by atoms with Gasteiger partial charge in [0.15, 0.2) is 0 Å². The highest BCUT2D eigenvalue weighted by atomic mass is 19.1. The van der Waals surface area contributed by atoms with Gasteiger partial charge in [-0.1, -0.05) is 12.1 Å². The minimum atomic E-state index is -0.201. The Morgan fingerprint density at radius 2 is 2.06 bits per heavy atom. The SMILES string of the molecule is CN(CCn1cc(N)cn1)Cc1ccc(F)cc1. The molecule has 2 rings (SSSR count). The van der Waals surface area contributed by atoms with Crippen molar-refractivity contribution in [2.24, 2.45) is 0 Å². The lowest BCUT2D eigenvalue weighted by Gasteiger charge is -2.16. The molecule has 0 spiro atoms. The summed E-state index contributed by atoms with van der Waals surface area (Å²) in [5.74, 6) is -0.201. The van der Waals surface area contributed by atoms with E-state index in [0.717, 1.165) is 25.2 Å². The lowest BCUT2D eigenvalue weighted by atomic mass is 10.2. The third kappa shape index (κ3) is 3.56. The first-order valence-corrected chi connectivity index (χ1v) is 5.84. The van der Waals surface area contributed by atoms with E-state index in [1.54, 1.807) is 18.3 Å². The van der Waals surface area contributed by atoms with Crippen molar-refractivity contribution in [1.82, 2.24) is 14.7 Å². The van der Waals surface area contributed by atoms with Crippen molar-refractivity contribution in [2.75, 3.05) is 19.3 Å². The second kappa shape index (κ2) is 5.64. The van der Waals surface area contributed by atoms with Gasteiger partial charge in [-0.25, -0.2) is 4.39 Å². The Kier molecular flexibility index (Phi) is 3.94. The molecule has 0 bridgehead atoms. The van der Waals surface area contributed by atoms with Gasteiger partial charge in [0, 0.05) is 19.3 Å². The fraction of sp³-hybridized carbons (Fsp3) is 0.308. The summed E-state index contributed by atoms with van der Waals surface area (Å²) in [4.78, 5) is 2.16. The van der Waals surface area contributed by atoms with Crippen molar-refractivity contribution in [3.63, 3.8) is 0 Å². The molecule has 96 valence electrons. The van der Waals surface area contributed by atoms with Crippen molar-refractivity contribution in [3.05, 3.63) is 48.0 Å². The van der Waals surface area contributed by atoms with Crippen LogP contribution in [0.3, 0.4) is 0 Å². The fourth-order valence-electron chi connectivity index (χ4n) is 1.76. The molecule has 2 aromatic rings. The molecular formula is C13H17FN4. The minimum absolute atomic E-state index is 0.201. The monoisotopic (exact) mass is 248 g/mol. The summed E-state index contributed by atoms with van der Waals surface area (Å²) in [6.07, 6.45) is 3.45. The van der Waals surface area contributed by atoms with Crippen LogP contribution in [0.2, 0.25) is 0 Å². The van der Waals surface area contributed by atoms with Gasteiger partial charge in [0.2, 0.25) is 0 Å². The first-order valence-electron chi connectivity index (χ1n) is 5.84. The summed E-state index contributed by atoms with van der Waals surface area (Å²) in [6, 6.07) is 6.57. The largest absolute Gasteiger partial charge is 0.396 e. The highest BCUT2D eigenvalue weighted by Crippen LogP contribution is 2.06. The van der Waals surface area contributed by atoms with Crippen molar-refractivity contribution in [3.8, 4) is 0 Å². The molecule has 0 radical (unpaired) electrons. The summed E-state index contributed by atoms with van der Waals surface area (Å²) in [6.45, 7) is 2.43. The Morgan fingerprint density at radius 3 is 2.67 bits per heavy atom. The number of nitrogens with two attached hydrogens (primary N) is 1. The molecule has 0 aliphatic rings. The molecule has 1 heterocycles. The highest BCUT2D eigenvalue weighted by Gasteiger charge is 2.02. The van der Waals surface area contributed by atoms with Crippen molar-refractivity contribution >= 4 is 5.69 Å². The van der Waals surface area contributed by atoms with Gasteiger partial charge in [-0.3, -0.25) is 4.68 Å². The molecule has 0 aliphatic heterocycles. The maximum atomic E-state index is 12.8. The number of hydrogen-bond acceptors (Lipinski definition) is 3. The third-order valence-electron chi connectivity index (χ3n) is 2.73. The van der Waals surface area contributed by atoms with E-state index in [9.17, 15) is 4.39 Å². The number of benzene rings is 1. The van der Waals surface area contributed by atoms with Crippen LogP contribution < -0.4 is 5.73 Å². The molecule has 0 saturated heterocycles. The number of aromatic nitrogens is 2. The van der Waals surface area contributed by atoms with Gasteiger partial charge in [-0.2, -0.15) is 5.10 Å². The van der Waals surface area contributed by atoms with E-state index in [4.69, 9.17) is 5.73 Å². The van der Waals surface area contributed by atoms with Gasteiger partial charge >= 0.3 is 0 Å². The Hall–Kier alpha value is -1.88. The smallest absolute Gasteiger partial charge is 0.123 e. The molecule has 18 heavy (non-hydrogen) atoms. The van der Waals surface area contributed by atoms with Crippen LogP contribution in [-0.4, -0.2) is 28.3 Å². The average Bonchev–Trinajstić information content (AvgIpc) is 2.76. The summed E-state index contributed by atoms with van der Waals surface area (Å²) < 4.78 is 14.6. The van der Waals surface area contributed by atoms with Crippen molar-refractivity contribution < 1.29 is 4.39 Å². The summed E-state index contributed by atoms with van der Waals surface area (Å²) >= 11 is 0. The van der Waals surface area contributed by atoms with E-state index in [0.29, 0.717) is 5.69 Å².